The van der Waals surface area contributed by atoms with Gasteiger partial charge in [-0.2, -0.15) is 0 Å². The van der Waals surface area contributed by atoms with E-state index in [1.807, 2.05) is 0 Å². The molecule has 3 heteroatoms. The third kappa shape index (κ3) is 4.25. The van der Waals surface area contributed by atoms with E-state index in [1.165, 1.54) is 41.6 Å². The van der Waals surface area contributed by atoms with Crippen LogP contribution in [-0.4, -0.2) is 12.7 Å². The number of hydrogen-bond acceptors (Lipinski definition) is 1. The number of benzene rings is 3. The summed E-state index contributed by atoms with van der Waals surface area (Å²) in [7, 11) is 0. The molecule has 0 aliphatic carbocycles. The monoisotopic (exact) mass is 455 g/mol. The zero-order chi connectivity index (χ0) is 19.7. The Bertz CT molecular complexity index is 737. The van der Waals surface area contributed by atoms with Gasteiger partial charge in [0.2, 0.25) is 0 Å². The van der Waals surface area contributed by atoms with Crippen molar-refractivity contribution in [1.82, 2.24) is 0 Å². The molecule has 0 spiro atoms. The van der Waals surface area contributed by atoms with Crippen molar-refractivity contribution in [2.24, 2.45) is 5.73 Å². The maximum atomic E-state index is 5.66. The molecule has 0 heterocycles. The van der Waals surface area contributed by atoms with Crippen LogP contribution in [-0.2, 0) is 0 Å². The van der Waals surface area contributed by atoms with E-state index in [-0.39, 0.29) is 0 Å². The van der Waals surface area contributed by atoms with Crippen LogP contribution in [0.2, 0.25) is 0 Å². The molecular weight excluding hydrogens is 425 g/mol. The molecule has 3 aromatic carbocycles. The Morgan fingerprint density at radius 1 is 0.536 bits per heavy atom. The molecule has 0 unspecified atom stereocenters. The van der Waals surface area contributed by atoms with Crippen LogP contribution in [0, 0.1) is 0 Å². The van der Waals surface area contributed by atoms with Gasteiger partial charge < -0.3 is 0 Å². The fourth-order valence-corrected chi connectivity index (χ4v) is 11.9. The first-order chi connectivity index (χ1) is 13.7. The molecule has 0 atom stereocenters. The molecule has 148 valence electrons. The van der Waals surface area contributed by atoms with Crippen molar-refractivity contribution in [3.63, 3.8) is 0 Å². The molecule has 28 heavy (non-hydrogen) atoms. The van der Waals surface area contributed by atoms with E-state index >= 15 is 0 Å². The van der Waals surface area contributed by atoms with Crippen LogP contribution in [0.1, 0.15) is 32.1 Å². The van der Waals surface area contributed by atoms with Crippen molar-refractivity contribution in [3.8, 4) is 0 Å². The minimum atomic E-state index is -2.72. The van der Waals surface area contributed by atoms with Gasteiger partial charge in [-0.3, -0.25) is 0 Å². The molecule has 3 aromatic rings. The quantitative estimate of drug-likeness (QED) is 0.306. The van der Waals surface area contributed by atoms with Gasteiger partial charge in [0, 0.05) is 0 Å². The number of hydrogen-bond donors (Lipinski definition) is 1. The van der Waals surface area contributed by atoms with Crippen LogP contribution in [0.4, 0.5) is 0 Å². The summed E-state index contributed by atoms with van der Waals surface area (Å²) in [6, 6.07) is 33.2. The van der Waals surface area contributed by atoms with E-state index in [9.17, 15) is 0 Å². The fraction of sp³-hybridized carbons (Fsp3) is 0.280. The van der Waals surface area contributed by atoms with Gasteiger partial charge in [-0.15, -0.1) is 0 Å². The van der Waals surface area contributed by atoms with Crippen molar-refractivity contribution in [3.05, 3.63) is 91.0 Å². The van der Waals surface area contributed by atoms with Gasteiger partial charge in [-0.25, -0.2) is 0 Å². The second kappa shape index (κ2) is 9.83. The van der Waals surface area contributed by atoms with E-state index in [2.05, 4.69) is 106 Å². The second-order valence-electron chi connectivity index (χ2n) is 7.47. The van der Waals surface area contributed by atoms with Crippen LogP contribution in [0.3, 0.4) is 0 Å². The summed E-state index contributed by atoms with van der Waals surface area (Å²) in [4.78, 5) is 0. The molecular formula is C25H31BrNP. The third-order valence-electron chi connectivity index (χ3n) is 5.67. The summed E-state index contributed by atoms with van der Waals surface area (Å²) in [5, 5.41) is 1.51. The Morgan fingerprint density at radius 3 is 1.29 bits per heavy atom. The van der Waals surface area contributed by atoms with Crippen molar-refractivity contribution in [2.45, 2.75) is 32.1 Å². The fourth-order valence-electron chi connectivity index (χ4n) is 4.13. The zero-order valence-electron chi connectivity index (χ0n) is 16.5. The van der Waals surface area contributed by atoms with E-state index < -0.39 is 5.31 Å². The summed E-state index contributed by atoms with van der Waals surface area (Å²) in [6.45, 7) is 0.802. The molecule has 0 saturated heterocycles. The van der Waals surface area contributed by atoms with E-state index in [0.29, 0.717) is 0 Å². The topological polar surface area (TPSA) is 26.0 Å². The summed E-state index contributed by atoms with van der Waals surface area (Å²) >= 11 is 4.51. The molecule has 0 amide bonds. The molecule has 0 radical (unpaired) electrons. The van der Waals surface area contributed by atoms with Crippen LogP contribution >= 0.6 is 20.8 Å². The average molecular weight is 456 g/mol. The number of rotatable bonds is 10. The predicted molar refractivity (Wildman–Crippen MR) is 131 cm³/mol. The van der Waals surface area contributed by atoms with Crippen LogP contribution in [0.25, 0.3) is 0 Å². The average Bonchev–Trinajstić information content (AvgIpc) is 2.78. The molecule has 0 bridgehead atoms. The van der Waals surface area contributed by atoms with Gasteiger partial charge in [0.15, 0.2) is 0 Å². The third-order valence-corrected chi connectivity index (χ3v) is 15.7. The molecule has 0 aliphatic rings. The normalized spacial score (nSPS) is 13.0. The van der Waals surface area contributed by atoms with E-state index in [4.69, 9.17) is 5.73 Å². The van der Waals surface area contributed by atoms with Crippen LogP contribution < -0.4 is 21.6 Å². The Kier molecular flexibility index (Phi) is 7.46. The molecule has 0 fully saturated rings. The molecule has 1 nitrogen and oxygen atoms in total. The summed E-state index contributed by atoms with van der Waals surface area (Å²) in [5.41, 5.74) is 5.66. The Labute approximate surface area is 178 Å². The SMILES string of the molecule is NCCCCCCCP(Br)(c1ccccc1)(c1ccccc1)c1ccccc1. The van der Waals surface area contributed by atoms with Gasteiger partial charge in [0.25, 0.3) is 0 Å². The van der Waals surface area contributed by atoms with Crippen molar-refractivity contribution < 1.29 is 0 Å². The predicted octanol–water partition coefficient (Wildman–Crippen LogP) is 5.74. The van der Waals surface area contributed by atoms with E-state index in [0.717, 1.165) is 19.1 Å². The molecule has 3 rings (SSSR count). The maximum absolute atomic E-state index is 5.66. The van der Waals surface area contributed by atoms with Gasteiger partial charge in [0.1, 0.15) is 0 Å². The first-order valence-electron chi connectivity index (χ1n) is 10.3. The number of nitrogens with two attached hydrogens (primary N) is 1. The number of halogens is 1. The summed E-state index contributed by atoms with van der Waals surface area (Å²) < 4.78 is 0. The van der Waals surface area contributed by atoms with Crippen LogP contribution in [0.15, 0.2) is 91.0 Å². The minimum absolute atomic E-state index is 0.802. The van der Waals surface area contributed by atoms with Crippen LogP contribution in [0.5, 0.6) is 0 Å². The molecule has 2 N–H and O–H groups in total. The van der Waals surface area contributed by atoms with Crippen molar-refractivity contribution in [1.29, 1.82) is 0 Å². The van der Waals surface area contributed by atoms with Crippen molar-refractivity contribution >= 4 is 36.7 Å². The van der Waals surface area contributed by atoms with Crippen molar-refractivity contribution in [2.75, 3.05) is 12.7 Å². The van der Waals surface area contributed by atoms with Gasteiger partial charge in [-0.1, -0.05) is 0 Å². The first-order valence-corrected chi connectivity index (χ1v) is 14.7. The second-order valence-corrected chi connectivity index (χ2v) is 16.5. The Balaban J connectivity index is 2.08. The summed E-state index contributed by atoms with van der Waals surface area (Å²) in [5.74, 6) is 0. The number of unbranched alkanes of at least 4 members (excludes halogenated alkanes) is 4. The molecule has 0 saturated carbocycles. The Hall–Kier alpha value is -1.47. The van der Waals surface area contributed by atoms with E-state index in [1.54, 1.807) is 0 Å². The zero-order valence-corrected chi connectivity index (χ0v) is 19.0. The van der Waals surface area contributed by atoms with Gasteiger partial charge >= 0.3 is 178 Å². The standard InChI is InChI=1S/C25H31BrNP/c26-28(23-15-7-4-8-16-23,24-17-9-5-10-18-24,25-19-11-6-12-20-25)22-14-3-1-2-13-21-27/h4-12,15-20H,1-3,13-14,21-22,27H2. The summed E-state index contributed by atoms with van der Waals surface area (Å²) in [6.07, 6.45) is 7.20. The first kappa shape index (κ1) is 21.2. The van der Waals surface area contributed by atoms with Gasteiger partial charge in [-0.05, 0) is 0 Å². The Morgan fingerprint density at radius 2 is 0.893 bits per heavy atom. The molecule has 0 aromatic heterocycles. The molecule has 0 aliphatic heterocycles. The van der Waals surface area contributed by atoms with Gasteiger partial charge in [0.05, 0.1) is 0 Å².